The Bertz CT molecular complexity index is 582. The Morgan fingerprint density at radius 2 is 2.11 bits per heavy atom. The molecule has 5 nitrogen and oxygen atoms in total. The first-order valence-electron chi connectivity index (χ1n) is 6.07. The van der Waals surface area contributed by atoms with Gasteiger partial charge in [0.05, 0.1) is 11.7 Å². The predicted octanol–water partition coefficient (Wildman–Crippen LogP) is 0.715. The van der Waals surface area contributed by atoms with Crippen molar-refractivity contribution in [3.05, 3.63) is 35.4 Å². The molecule has 1 aliphatic rings. The summed E-state index contributed by atoms with van der Waals surface area (Å²) in [7, 11) is -3.03. The number of hydrogen-bond donors (Lipinski definition) is 1. The Morgan fingerprint density at radius 3 is 2.74 bits per heavy atom. The van der Waals surface area contributed by atoms with Crippen molar-refractivity contribution >= 4 is 15.8 Å². The second kappa shape index (κ2) is 5.30. The molecule has 0 saturated carbocycles. The van der Waals surface area contributed by atoms with Gasteiger partial charge in [0, 0.05) is 25.9 Å². The van der Waals surface area contributed by atoms with E-state index in [0.29, 0.717) is 19.6 Å². The quantitative estimate of drug-likeness (QED) is 0.881. The van der Waals surface area contributed by atoms with Crippen LogP contribution in [-0.2, 0) is 21.2 Å². The maximum atomic E-state index is 11.3. The van der Waals surface area contributed by atoms with Crippen molar-refractivity contribution in [3.63, 3.8) is 0 Å². The summed E-state index contributed by atoms with van der Waals surface area (Å²) in [6, 6.07) is 7.44. The second-order valence-corrected chi connectivity index (χ2v) is 7.21. The van der Waals surface area contributed by atoms with Crippen LogP contribution in [0.25, 0.3) is 0 Å². The van der Waals surface area contributed by atoms with E-state index in [9.17, 15) is 18.3 Å². The van der Waals surface area contributed by atoms with Crippen LogP contribution in [0, 0.1) is 0 Å². The SMILES string of the molecule is CS(=O)(=O)CCN1Cc2ccccc2C(C(=O)O)C1. The number of carbonyl (C=O) groups is 1. The number of carboxylic acids is 1. The topological polar surface area (TPSA) is 74.7 Å². The van der Waals surface area contributed by atoms with Crippen LogP contribution in [0.4, 0.5) is 0 Å². The zero-order valence-corrected chi connectivity index (χ0v) is 11.6. The number of carboxylic acid groups (broad SMARTS) is 1. The van der Waals surface area contributed by atoms with Gasteiger partial charge in [-0.25, -0.2) is 8.42 Å². The van der Waals surface area contributed by atoms with Gasteiger partial charge in [-0.2, -0.15) is 0 Å². The van der Waals surface area contributed by atoms with Gasteiger partial charge in [0.2, 0.25) is 0 Å². The number of aliphatic carboxylic acids is 1. The van der Waals surface area contributed by atoms with E-state index in [1.165, 1.54) is 6.26 Å². The Hall–Kier alpha value is -1.40. The largest absolute Gasteiger partial charge is 0.481 e. The Labute approximate surface area is 112 Å². The molecule has 1 heterocycles. The zero-order valence-electron chi connectivity index (χ0n) is 10.7. The zero-order chi connectivity index (χ0) is 14.0. The van der Waals surface area contributed by atoms with Crippen LogP contribution in [0.1, 0.15) is 17.0 Å². The first-order valence-corrected chi connectivity index (χ1v) is 8.13. The third-order valence-corrected chi connectivity index (χ3v) is 4.27. The van der Waals surface area contributed by atoms with Crippen LogP contribution in [0.2, 0.25) is 0 Å². The normalized spacial score (nSPS) is 19.9. The summed E-state index contributed by atoms with van der Waals surface area (Å²) in [5.41, 5.74) is 1.81. The van der Waals surface area contributed by atoms with E-state index in [0.717, 1.165) is 11.1 Å². The van der Waals surface area contributed by atoms with E-state index in [2.05, 4.69) is 0 Å². The molecule has 1 N–H and O–H groups in total. The van der Waals surface area contributed by atoms with Gasteiger partial charge >= 0.3 is 5.97 Å². The lowest BCUT2D eigenvalue weighted by Crippen LogP contribution is -2.39. The van der Waals surface area contributed by atoms with Crippen LogP contribution in [0.3, 0.4) is 0 Å². The molecule has 2 rings (SSSR count). The summed E-state index contributed by atoms with van der Waals surface area (Å²) in [6.45, 7) is 1.34. The highest BCUT2D eigenvalue weighted by Gasteiger charge is 2.30. The molecule has 1 unspecified atom stereocenters. The summed E-state index contributed by atoms with van der Waals surface area (Å²) >= 11 is 0. The van der Waals surface area contributed by atoms with Crippen molar-refractivity contribution in [1.29, 1.82) is 0 Å². The van der Waals surface area contributed by atoms with Crippen LogP contribution in [-0.4, -0.2) is 49.5 Å². The standard InChI is InChI=1S/C13H17NO4S/c1-19(17,18)7-6-14-8-10-4-2-3-5-11(10)12(9-14)13(15)16/h2-5,12H,6-9H2,1H3,(H,15,16). The van der Waals surface area contributed by atoms with E-state index < -0.39 is 21.7 Å². The van der Waals surface area contributed by atoms with Crippen LogP contribution >= 0.6 is 0 Å². The maximum Gasteiger partial charge on any atom is 0.312 e. The minimum atomic E-state index is -3.03. The van der Waals surface area contributed by atoms with Crippen molar-refractivity contribution in [2.24, 2.45) is 0 Å². The fourth-order valence-electron chi connectivity index (χ4n) is 2.36. The Balaban J connectivity index is 2.18. The fourth-order valence-corrected chi connectivity index (χ4v) is 2.95. The second-order valence-electron chi connectivity index (χ2n) is 4.95. The lowest BCUT2D eigenvalue weighted by Gasteiger charge is -2.32. The van der Waals surface area contributed by atoms with Gasteiger partial charge in [0.25, 0.3) is 0 Å². The molecule has 0 spiro atoms. The average molecular weight is 283 g/mol. The van der Waals surface area contributed by atoms with Gasteiger partial charge < -0.3 is 5.11 Å². The monoisotopic (exact) mass is 283 g/mol. The smallest absolute Gasteiger partial charge is 0.312 e. The molecule has 0 saturated heterocycles. The molecule has 0 bridgehead atoms. The highest BCUT2D eigenvalue weighted by molar-refractivity contribution is 7.90. The molecule has 6 heteroatoms. The molecular formula is C13H17NO4S. The third kappa shape index (κ3) is 3.54. The molecule has 1 aromatic carbocycles. The number of hydrogen-bond acceptors (Lipinski definition) is 4. The average Bonchev–Trinajstić information content (AvgIpc) is 2.34. The van der Waals surface area contributed by atoms with E-state index in [-0.39, 0.29) is 5.75 Å². The Kier molecular flexibility index (Phi) is 3.91. The van der Waals surface area contributed by atoms with Gasteiger partial charge in [0.1, 0.15) is 9.84 Å². The molecule has 0 radical (unpaired) electrons. The lowest BCUT2D eigenvalue weighted by molar-refractivity contribution is -0.139. The van der Waals surface area contributed by atoms with Crippen molar-refractivity contribution in [1.82, 2.24) is 4.90 Å². The summed E-state index contributed by atoms with van der Waals surface area (Å²) in [5, 5.41) is 9.29. The molecule has 1 aliphatic heterocycles. The van der Waals surface area contributed by atoms with Gasteiger partial charge in [0.15, 0.2) is 0 Å². The van der Waals surface area contributed by atoms with Crippen LogP contribution < -0.4 is 0 Å². The van der Waals surface area contributed by atoms with Gasteiger partial charge in [-0.15, -0.1) is 0 Å². The van der Waals surface area contributed by atoms with Gasteiger partial charge in [-0.3, -0.25) is 9.69 Å². The van der Waals surface area contributed by atoms with Crippen molar-refractivity contribution in [2.75, 3.05) is 25.1 Å². The van der Waals surface area contributed by atoms with Crippen molar-refractivity contribution in [3.8, 4) is 0 Å². The molecule has 1 aromatic rings. The summed E-state index contributed by atoms with van der Waals surface area (Å²) < 4.78 is 22.4. The summed E-state index contributed by atoms with van der Waals surface area (Å²) in [4.78, 5) is 13.2. The molecule has 0 amide bonds. The molecule has 1 atom stereocenters. The summed E-state index contributed by atoms with van der Waals surface area (Å²) in [5.74, 6) is -1.39. The maximum absolute atomic E-state index is 11.3. The molecule has 0 aromatic heterocycles. The van der Waals surface area contributed by atoms with E-state index in [4.69, 9.17) is 0 Å². The molecular weight excluding hydrogens is 266 g/mol. The van der Waals surface area contributed by atoms with Crippen molar-refractivity contribution in [2.45, 2.75) is 12.5 Å². The van der Waals surface area contributed by atoms with Gasteiger partial charge in [-0.05, 0) is 11.1 Å². The number of benzene rings is 1. The van der Waals surface area contributed by atoms with Crippen LogP contribution in [0.15, 0.2) is 24.3 Å². The minimum Gasteiger partial charge on any atom is -0.481 e. The molecule has 0 aliphatic carbocycles. The number of rotatable bonds is 4. The number of fused-ring (bicyclic) bond motifs is 1. The first kappa shape index (κ1) is 14.0. The minimum absolute atomic E-state index is 0.0570. The molecule has 104 valence electrons. The molecule has 0 fully saturated rings. The van der Waals surface area contributed by atoms with E-state index in [1.54, 1.807) is 0 Å². The first-order chi connectivity index (χ1) is 8.87. The fraction of sp³-hybridized carbons (Fsp3) is 0.462. The third-order valence-electron chi connectivity index (χ3n) is 3.34. The highest BCUT2D eigenvalue weighted by Crippen LogP contribution is 2.28. The number of sulfone groups is 1. The van der Waals surface area contributed by atoms with E-state index in [1.807, 2.05) is 29.2 Å². The van der Waals surface area contributed by atoms with Gasteiger partial charge in [-0.1, -0.05) is 24.3 Å². The summed E-state index contributed by atoms with van der Waals surface area (Å²) in [6.07, 6.45) is 1.19. The highest BCUT2D eigenvalue weighted by atomic mass is 32.2. The Morgan fingerprint density at radius 1 is 1.42 bits per heavy atom. The molecule has 19 heavy (non-hydrogen) atoms. The lowest BCUT2D eigenvalue weighted by atomic mass is 9.90. The van der Waals surface area contributed by atoms with Crippen LogP contribution in [0.5, 0.6) is 0 Å². The predicted molar refractivity (Wildman–Crippen MR) is 71.8 cm³/mol. The van der Waals surface area contributed by atoms with Crippen molar-refractivity contribution < 1.29 is 18.3 Å². The number of nitrogens with zero attached hydrogens (tertiary/aromatic N) is 1. The van der Waals surface area contributed by atoms with E-state index >= 15 is 0 Å².